The van der Waals surface area contributed by atoms with Crippen LogP contribution in [0.1, 0.15) is 39.3 Å². The Labute approximate surface area is 121 Å². The van der Waals surface area contributed by atoms with Gasteiger partial charge < -0.3 is 10.3 Å². The van der Waals surface area contributed by atoms with Crippen molar-refractivity contribution >= 4 is 0 Å². The normalized spacial score (nSPS) is 13.7. The Morgan fingerprint density at radius 3 is 2.20 bits per heavy atom. The van der Waals surface area contributed by atoms with Gasteiger partial charge in [0.15, 0.2) is 0 Å². The van der Waals surface area contributed by atoms with E-state index in [9.17, 15) is 4.79 Å². The van der Waals surface area contributed by atoms with E-state index in [4.69, 9.17) is 0 Å². The Morgan fingerprint density at radius 2 is 1.80 bits per heavy atom. The average molecular weight is 272 g/mol. The van der Waals surface area contributed by atoms with Crippen molar-refractivity contribution in [1.29, 1.82) is 0 Å². The van der Waals surface area contributed by atoms with Crippen LogP contribution in [0.25, 0.3) is 0 Å². The summed E-state index contributed by atoms with van der Waals surface area (Å²) in [5.74, 6) is 0.954. The monoisotopic (exact) mass is 272 g/mol. The van der Waals surface area contributed by atoms with Gasteiger partial charge in [0.05, 0.1) is 0 Å². The molecule has 2 N–H and O–H groups in total. The molecular weight excluding hydrogens is 248 g/mol. The van der Waals surface area contributed by atoms with Gasteiger partial charge in [-0.2, -0.15) is 0 Å². The molecule has 2 heterocycles. The smallest absolute Gasteiger partial charge is 0.248 e. The number of dihydropyridines is 1. The van der Waals surface area contributed by atoms with Crippen LogP contribution in [0.4, 0.5) is 0 Å². The van der Waals surface area contributed by atoms with Crippen molar-refractivity contribution in [1.82, 2.24) is 10.3 Å². The molecule has 0 atom stereocenters. The SMILES string of the molecule is C=C1C=CC=C(C(C)C)N1.CC(C)c1cccc(=O)[nH]1. The summed E-state index contributed by atoms with van der Waals surface area (Å²) in [5, 5.41) is 3.20. The topological polar surface area (TPSA) is 44.9 Å². The van der Waals surface area contributed by atoms with Gasteiger partial charge in [-0.3, -0.25) is 4.79 Å². The Hall–Kier alpha value is -2.03. The number of aromatic nitrogens is 1. The van der Waals surface area contributed by atoms with Crippen LogP contribution in [0.2, 0.25) is 0 Å². The molecule has 1 aliphatic rings. The first kappa shape index (κ1) is 16.0. The van der Waals surface area contributed by atoms with Gasteiger partial charge in [0.25, 0.3) is 0 Å². The first-order valence-corrected chi connectivity index (χ1v) is 6.93. The largest absolute Gasteiger partial charge is 0.359 e. The maximum absolute atomic E-state index is 10.7. The minimum atomic E-state index is -0.0220. The highest BCUT2D eigenvalue weighted by Crippen LogP contribution is 2.11. The van der Waals surface area contributed by atoms with Crippen molar-refractivity contribution in [2.24, 2.45) is 5.92 Å². The molecule has 0 radical (unpaired) electrons. The fourth-order valence-corrected chi connectivity index (χ4v) is 1.68. The minimum absolute atomic E-state index is 0.0220. The fourth-order valence-electron chi connectivity index (χ4n) is 1.68. The van der Waals surface area contributed by atoms with Gasteiger partial charge in [-0.1, -0.05) is 46.4 Å². The summed E-state index contributed by atoms with van der Waals surface area (Å²) < 4.78 is 0. The van der Waals surface area contributed by atoms with E-state index in [2.05, 4.69) is 36.8 Å². The number of aromatic amines is 1. The molecule has 0 bridgehead atoms. The van der Waals surface area contributed by atoms with Crippen molar-refractivity contribution in [2.75, 3.05) is 0 Å². The third kappa shape index (κ3) is 5.31. The summed E-state index contributed by atoms with van der Waals surface area (Å²) in [4.78, 5) is 13.5. The first-order valence-electron chi connectivity index (χ1n) is 6.93. The van der Waals surface area contributed by atoms with Crippen molar-refractivity contribution in [3.63, 3.8) is 0 Å². The predicted molar refractivity (Wildman–Crippen MR) is 85.5 cm³/mol. The van der Waals surface area contributed by atoms with Gasteiger partial charge in [-0.05, 0) is 30.1 Å². The Bertz CT molecular complexity index is 562. The molecule has 0 saturated carbocycles. The maximum Gasteiger partial charge on any atom is 0.248 e. The minimum Gasteiger partial charge on any atom is -0.359 e. The van der Waals surface area contributed by atoms with E-state index in [1.807, 2.05) is 32.1 Å². The lowest BCUT2D eigenvalue weighted by Crippen LogP contribution is -2.16. The molecule has 0 aromatic carbocycles. The summed E-state index contributed by atoms with van der Waals surface area (Å²) >= 11 is 0. The lowest BCUT2D eigenvalue weighted by Gasteiger charge is -2.16. The Balaban J connectivity index is 0.000000200. The van der Waals surface area contributed by atoms with E-state index in [1.165, 1.54) is 11.8 Å². The molecule has 0 unspecified atom stereocenters. The van der Waals surface area contributed by atoms with E-state index in [1.54, 1.807) is 6.07 Å². The molecule has 108 valence electrons. The molecule has 1 aromatic heterocycles. The lowest BCUT2D eigenvalue weighted by atomic mass is 10.1. The number of hydrogen-bond acceptors (Lipinski definition) is 2. The number of H-pyrrole nitrogens is 1. The highest BCUT2D eigenvalue weighted by molar-refractivity contribution is 5.30. The molecule has 0 aliphatic carbocycles. The van der Waals surface area contributed by atoms with Crippen LogP contribution in [-0.2, 0) is 0 Å². The van der Waals surface area contributed by atoms with E-state index in [-0.39, 0.29) is 5.56 Å². The van der Waals surface area contributed by atoms with Crippen LogP contribution < -0.4 is 10.9 Å². The second-order valence-corrected chi connectivity index (χ2v) is 5.41. The van der Waals surface area contributed by atoms with Crippen molar-refractivity contribution in [2.45, 2.75) is 33.6 Å². The molecule has 0 saturated heterocycles. The highest BCUT2D eigenvalue weighted by Gasteiger charge is 2.03. The summed E-state index contributed by atoms with van der Waals surface area (Å²) in [6, 6.07) is 5.21. The zero-order valence-corrected chi connectivity index (χ0v) is 12.7. The van der Waals surface area contributed by atoms with E-state index >= 15 is 0 Å². The lowest BCUT2D eigenvalue weighted by molar-refractivity contribution is 0.702. The summed E-state index contributed by atoms with van der Waals surface area (Å²) in [6.07, 6.45) is 6.07. The zero-order chi connectivity index (χ0) is 15.1. The third-order valence-corrected chi connectivity index (χ3v) is 2.91. The number of hydrogen-bond donors (Lipinski definition) is 2. The van der Waals surface area contributed by atoms with Gasteiger partial charge >= 0.3 is 0 Å². The molecule has 3 heteroatoms. The molecule has 0 fully saturated rings. The van der Waals surface area contributed by atoms with E-state index < -0.39 is 0 Å². The fraction of sp³-hybridized carbons (Fsp3) is 0.353. The van der Waals surface area contributed by atoms with Gasteiger partial charge in [0.1, 0.15) is 0 Å². The van der Waals surface area contributed by atoms with Crippen LogP contribution in [0, 0.1) is 5.92 Å². The number of rotatable bonds is 2. The van der Waals surface area contributed by atoms with Crippen molar-refractivity contribution in [3.8, 4) is 0 Å². The van der Waals surface area contributed by atoms with Gasteiger partial charge in [-0.15, -0.1) is 0 Å². The summed E-state index contributed by atoms with van der Waals surface area (Å²) in [5.41, 5.74) is 3.19. The third-order valence-electron chi connectivity index (χ3n) is 2.91. The van der Waals surface area contributed by atoms with Crippen molar-refractivity contribution < 1.29 is 0 Å². The molecule has 3 nitrogen and oxygen atoms in total. The quantitative estimate of drug-likeness (QED) is 0.862. The summed E-state index contributed by atoms with van der Waals surface area (Å²) in [7, 11) is 0. The molecule has 0 amide bonds. The predicted octanol–water partition coefficient (Wildman–Crippen LogP) is 3.70. The maximum atomic E-state index is 10.7. The van der Waals surface area contributed by atoms with Crippen molar-refractivity contribution in [3.05, 3.63) is 70.4 Å². The number of allylic oxidation sites excluding steroid dienone is 4. The highest BCUT2D eigenvalue weighted by atomic mass is 16.1. The number of nitrogens with one attached hydrogen (secondary N) is 2. The molecule has 2 rings (SSSR count). The van der Waals surface area contributed by atoms with Gasteiger partial charge in [0.2, 0.25) is 5.56 Å². The van der Waals surface area contributed by atoms with Crippen LogP contribution in [0.3, 0.4) is 0 Å². The molecular formula is C17H24N2O. The second-order valence-electron chi connectivity index (χ2n) is 5.41. The van der Waals surface area contributed by atoms with Crippen LogP contribution in [0.15, 0.2) is 59.2 Å². The molecule has 0 spiro atoms. The van der Waals surface area contributed by atoms with E-state index in [0.717, 1.165) is 11.4 Å². The number of pyridine rings is 1. The standard InChI is InChI=1S/C9H13N.C8H11NO/c1-7(2)9-6-4-5-8(3)10-9;1-6(2)7-4-3-5-8(10)9-7/h4-7,10H,3H2,1-2H3;3-6H,1-2H3,(H,9,10). The summed E-state index contributed by atoms with van der Waals surface area (Å²) in [6.45, 7) is 12.2. The van der Waals surface area contributed by atoms with Crippen LogP contribution in [-0.4, -0.2) is 4.98 Å². The Morgan fingerprint density at radius 1 is 1.10 bits per heavy atom. The molecule has 1 aliphatic heterocycles. The molecule has 20 heavy (non-hydrogen) atoms. The second kappa shape index (κ2) is 7.53. The Kier molecular flexibility index (Phi) is 6.04. The van der Waals surface area contributed by atoms with Gasteiger partial charge in [-0.25, -0.2) is 0 Å². The van der Waals surface area contributed by atoms with Gasteiger partial charge in [0, 0.05) is 23.2 Å². The van der Waals surface area contributed by atoms with Crippen LogP contribution in [0.5, 0.6) is 0 Å². The average Bonchev–Trinajstić information content (AvgIpc) is 2.39. The van der Waals surface area contributed by atoms with E-state index in [0.29, 0.717) is 11.8 Å². The first-order chi connectivity index (χ1) is 9.40. The molecule has 1 aromatic rings. The zero-order valence-electron chi connectivity index (χ0n) is 12.7. The van der Waals surface area contributed by atoms with Crippen LogP contribution >= 0.6 is 0 Å².